The summed E-state index contributed by atoms with van der Waals surface area (Å²) < 4.78 is 5.29. The Morgan fingerprint density at radius 3 is 2.64 bits per heavy atom. The van der Waals surface area contributed by atoms with Crippen LogP contribution in [0.15, 0.2) is 30.5 Å². The Morgan fingerprint density at radius 1 is 1.36 bits per heavy atom. The fraction of sp³-hybridized carbons (Fsp3) is 0.400. The number of nitro groups is 1. The quantitative estimate of drug-likeness (QED) is 0.357. The van der Waals surface area contributed by atoms with Gasteiger partial charge in [-0.2, -0.15) is 0 Å². The smallest absolute Gasteiger partial charge is 0.280 e. The van der Waals surface area contributed by atoms with Gasteiger partial charge in [-0.15, -0.1) is 0 Å². The average Bonchev–Trinajstić information content (AvgIpc) is 2.52. The molecule has 0 N–H and O–H groups in total. The largest absolute Gasteiger partial charge is 0.383 e. The van der Waals surface area contributed by atoms with Crippen molar-refractivity contribution in [2.24, 2.45) is 0 Å². The third-order valence-electron chi connectivity index (χ3n) is 3.34. The van der Waals surface area contributed by atoms with Gasteiger partial charge in [0.2, 0.25) is 0 Å². The number of benzene rings is 1. The topological polar surface area (TPSA) is 75.9 Å². The van der Waals surface area contributed by atoms with E-state index in [0.29, 0.717) is 26.3 Å². The fourth-order valence-electron chi connectivity index (χ4n) is 2.21. The van der Waals surface area contributed by atoms with Crippen molar-refractivity contribution in [2.75, 3.05) is 45.3 Å². The lowest BCUT2D eigenvalue weighted by Gasteiger charge is -2.29. The maximum atomic E-state index is 12.2. The Labute approximate surface area is 128 Å². The van der Waals surface area contributed by atoms with E-state index in [1.165, 1.54) is 12.1 Å². The Bertz CT molecular complexity index is 592. The molecule has 1 aromatic carbocycles. The van der Waals surface area contributed by atoms with Gasteiger partial charge < -0.3 is 14.5 Å². The van der Waals surface area contributed by atoms with Crippen LogP contribution in [0.1, 0.15) is 10.4 Å². The molecule has 0 aromatic heterocycles. The van der Waals surface area contributed by atoms with Crippen molar-refractivity contribution >= 4 is 17.2 Å². The van der Waals surface area contributed by atoms with Crippen molar-refractivity contribution < 1.29 is 14.5 Å². The summed E-state index contributed by atoms with van der Waals surface area (Å²) in [5.41, 5.74) is 0.730. The molecule has 1 saturated heterocycles. The number of hydrogen-bond acceptors (Lipinski definition) is 6. The van der Waals surface area contributed by atoms with Crippen LogP contribution in [0, 0.1) is 10.1 Å². The zero-order chi connectivity index (χ0) is 16.1. The second kappa shape index (κ2) is 7.04. The molecule has 1 aromatic rings. The van der Waals surface area contributed by atoms with E-state index in [-0.39, 0.29) is 17.0 Å². The lowest BCUT2D eigenvalue weighted by Crippen LogP contribution is -2.36. The Balaban J connectivity index is 2.35. The molecule has 1 aliphatic rings. The average molecular weight is 305 g/mol. The van der Waals surface area contributed by atoms with Crippen molar-refractivity contribution in [2.45, 2.75) is 0 Å². The maximum absolute atomic E-state index is 12.2. The number of nitro benzene ring substituents is 1. The first-order valence-electron chi connectivity index (χ1n) is 6.99. The molecule has 1 fully saturated rings. The predicted octanol–water partition coefficient (Wildman–Crippen LogP) is 1.69. The number of morpholine rings is 1. The van der Waals surface area contributed by atoms with Crippen LogP contribution in [0.4, 0.5) is 11.4 Å². The van der Waals surface area contributed by atoms with Gasteiger partial charge in [-0.05, 0) is 12.1 Å². The van der Waals surface area contributed by atoms with E-state index in [4.69, 9.17) is 4.74 Å². The van der Waals surface area contributed by atoms with Gasteiger partial charge in [-0.1, -0.05) is 0 Å². The molecule has 0 aliphatic carbocycles. The number of carbonyl (C=O) groups excluding carboxylic acids is 1. The number of ketones is 1. The summed E-state index contributed by atoms with van der Waals surface area (Å²) in [6, 6.07) is 4.66. The predicted molar refractivity (Wildman–Crippen MR) is 83.3 cm³/mol. The molecule has 7 heteroatoms. The normalized spacial score (nSPS) is 15.1. The van der Waals surface area contributed by atoms with Crippen LogP contribution in [0.3, 0.4) is 0 Å². The molecule has 7 nitrogen and oxygen atoms in total. The van der Waals surface area contributed by atoms with Gasteiger partial charge in [0, 0.05) is 51.2 Å². The maximum Gasteiger partial charge on any atom is 0.280 e. The molecule has 118 valence electrons. The summed E-state index contributed by atoms with van der Waals surface area (Å²) in [4.78, 5) is 26.6. The molecule has 0 saturated carbocycles. The number of rotatable bonds is 5. The molecule has 0 radical (unpaired) electrons. The Kier molecular flexibility index (Phi) is 5.11. The van der Waals surface area contributed by atoms with Crippen molar-refractivity contribution in [1.82, 2.24) is 4.90 Å². The molecule has 0 atom stereocenters. The van der Waals surface area contributed by atoms with Crippen LogP contribution >= 0.6 is 0 Å². The van der Waals surface area contributed by atoms with Crippen LogP contribution in [0.2, 0.25) is 0 Å². The van der Waals surface area contributed by atoms with Crippen LogP contribution in [-0.2, 0) is 4.74 Å². The minimum Gasteiger partial charge on any atom is -0.383 e. The summed E-state index contributed by atoms with van der Waals surface area (Å²) in [5, 5.41) is 11.1. The van der Waals surface area contributed by atoms with Crippen molar-refractivity contribution in [3.8, 4) is 0 Å². The minimum absolute atomic E-state index is 0.104. The third-order valence-corrected chi connectivity index (χ3v) is 3.34. The van der Waals surface area contributed by atoms with E-state index in [1.54, 1.807) is 37.3 Å². The standard InChI is InChI=1S/C15H19N3O4/c1-16(2)6-5-15(19)13-11-12(3-4-14(13)18(20)21)17-7-9-22-10-8-17/h3-6,11H,7-10H2,1-2H3/b6-5+. The molecular weight excluding hydrogens is 286 g/mol. The van der Waals surface area contributed by atoms with E-state index in [9.17, 15) is 14.9 Å². The minimum atomic E-state index is -0.528. The van der Waals surface area contributed by atoms with E-state index < -0.39 is 4.92 Å². The molecular formula is C15H19N3O4. The molecule has 0 unspecified atom stereocenters. The molecule has 0 bridgehead atoms. The number of carbonyl (C=O) groups is 1. The molecule has 22 heavy (non-hydrogen) atoms. The van der Waals surface area contributed by atoms with Crippen LogP contribution < -0.4 is 4.90 Å². The highest BCUT2D eigenvalue weighted by Gasteiger charge is 2.21. The SMILES string of the molecule is CN(C)/C=C/C(=O)c1cc(N2CCOCC2)ccc1[N+](=O)[O-]. The molecule has 0 spiro atoms. The second-order valence-electron chi connectivity index (χ2n) is 5.20. The van der Waals surface area contributed by atoms with E-state index >= 15 is 0 Å². The summed E-state index contributed by atoms with van der Waals surface area (Å²) in [5.74, 6) is -0.379. The molecule has 1 aliphatic heterocycles. The van der Waals surface area contributed by atoms with Gasteiger partial charge in [-0.25, -0.2) is 0 Å². The third kappa shape index (κ3) is 3.82. The summed E-state index contributed by atoms with van der Waals surface area (Å²) >= 11 is 0. The molecule has 2 rings (SSSR count). The highest BCUT2D eigenvalue weighted by Crippen LogP contribution is 2.26. The Hall–Kier alpha value is -2.41. The zero-order valence-electron chi connectivity index (χ0n) is 12.7. The summed E-state index contributed by atoms with van der Waals surface area (Å²) in [6.07, 6.45) is 2.92. The highest BCUT2D eigenvalue weighted by molar-refractivity contribution is 6.08. The van der Waals surface area contributed by atoms with Crippen molar-refractivity contribution in [3.05, 3.63) is 46.2 Å². The molecule has 1 heterocycles. The monoisotopic (exact) mass is 305 g/mol. The van der Waals surface area contributed by atoms with Gasteiger partial charge in [0.05, 0.1) is 18.1 Å². The van der Waals surface area contributed by atoms with Crippen LogP contribution in [-0.4, -0.2) is 56.0 Å². The second-order valence-corrected chi connectivity index (χ2v) is 5.20. The lowest BCUT2D eigenvalue weighted by atomic mass is 10.1. The van der Waals surface area contributed by atoms with Gasteiger partial charge in [0.15, 0.2) is 5.78 Å². The van der Waals surface area contributed by atoms with Crippen molar-refractivity contribution in [3.63, 3.8) is 0 Å². The summed E-state index contributed by atoms with van der Waals surface area (Å²) in [7, 11) is 3.56. The van der Waals surface area contributed by atoms with Crippen LogP contribution in [0.5, 0.6) is 0 Å². The van der Waals surface area contributed by atoms with Gasteiger partial charge in [0.25, 0.3) is 5.69 Å². The van der Waals surface area contributed by atoms with E-state index in [2.05, 4.69) is 4.90 Å². The van der Waals surface area contributed by atoms with Gasteiger partial charge in [-0.3, -0.25) is 14.9 Å². The number of hydrogen-bond donors (Lipinski definition) is 0. The highest BCUT2D eigenvalue weighted by atomic mass is 16.6. The number of anilines is 1. The lowest BCUT2D eigenvalue weighted by molar-refractivity contribution is -0.385. The van der Waals surface area contributed by atoms with E-state index in [1.807, 2.05) is 0 Å². The number of allylic oxidation sites excluding steroid dienone is 1. The Morgan fingerprint density at radius 2 is 2.05 bits per heavy atom. The van der Waals surface area contributed by atoms with E-state index in [0.717, 1.165) is 5.69 Å². The molecule has 0 amide bonds. The van der Waals surface area contributed by atoms with Gasteiger partial charge in [0.1, 0.15) is 5.56 Å². The first kappa shape index (κ1) is 16.0. The number of ether oxygens (including phenoxy) is 1. The van der Waals surface area contributed by atoms with Gasteiger partial charge >= 0.3 is 0 Å². The zero-order valence-corrected chi connectivity index (χ0v) is 12.7. The first-order valence-corrected chi connectivity index (χ1v) is 6.99. The first-order chi connectivity index (χ1) is 10.5. The van der Waals surface area contributed by atoms with Crippen LogP contribution in [0.25, 0.3) is 0 Å². The fourth-order valence-corrected chi connectivity index (χ4v) is 2.21. The van der Waals surface area contributed by atoms with Crippen molar-refractivity contribution in [1.29, 1.82) is 0 Å². The number of nitrogens with zero attached hydrogens (tertiary/aromatic N) is 3. The summed E-state index contributed by atoms with van der Waals surface area (Å²) in [6.45, 7) is 2.64.